The number of carbonyl (C=O) groups excluding carboxylic acids is 1. The maximum atomic E-state index is 14.1. The van der Waals surface area contributed by atoms with Crippen molar-refractivity contribution in [2.75, 3.05) is 38.0 Å². The smallest absolute Gasteiger partial charge is 0.381 e. The molecule has 0 atom stereocenters. The standard InChI is InChI=1S/C33H38F3N5OS/c1-4-40-12-14-41(15-13-40)21-25-9-8-23(16-29(25)33(34,35)36)17-30(42)24-6-5-7-27(18-24)38-19-26-20-39-32-28(10-11-37-32)31(26)43-22(2)3/h5-11,16,18,20,22,38H,4,12-15,17,19,21H2,1-3H3,(H,37,39). The number of halogens is 3. The van der Waals surface area contributed by atoms with E-state index >= 15 is 0 Å². The maximum Gasteiger partial charge on any atom is 0.416 e. The molecule has 2 aromatic carbocycles. The molecule has 1 aliphatic rings. The number of H-pyrrole nitrogens is 1. The number of rotatable bonds is 11. The Kier molecular flexibility index (Phi) is 9.78. The molecule has 1 saturated heterocycles. The van der Waals surface area contributed by atoms with E-state index in [1.54, 1.807) is 36.0 Å². The number of Topliss-reactive ketones (excluding diaryl/α,β-unsaturated/α-hetero) is 1. The first-order chi connectivity index (χ1) is 20.6. The predicted molar refractivity (Wildman–Crippen MR) is 168 cm³/mol. The SMILES string of the molecule is CCN1CCN(Cc2ccc(CC(=O)c3cccc(NCc4cnc5[nH]ccc5c4SC(C)C)c3)cc2C(F)(F)F)CC1. The van der Waals surface area contributed by atoms with Gasteiger partial charge >= 0.3 is 6.18 Å². The number of hydrogen-bond donors (Lipinski definition) is 2. The van der Waals surface area contributed by atoms with Crippen LogP contribution >= 0.6 is 11.8 Å². The Morgan fingerprint density at radius 2 is 1.81 bits per heavy atom. The lowest BCUT2D eigenvalue weighted by Gasteiger charge is -2.34. The monoisotopic (exact) mass is 609 g/mol. The number of benzene rings is 2. The third-order valence-electron chi connectivity index (χ3n) is 7.78. The Morgan fingerprint density at radius 3 is 2.53 bits per heavy atom. The van der Waals surface area contributed by atoms with Gasteiger partial charge < -0.3 is 15.2 Å². The molecule has 2 N–H and O–H groups in total. The lowest BCUT2D eigenvalue weighted by molar-refractivity contribution is -0.138. The summed E-state index contributed by atoms with van der Waals surface area (Å²) in [6.45, 7) is 11.3. The van der Waals surface area contributed by atoms with Gasteiger partial charge in [-0.2, -0.15) is 13.2 Å². The van der Waals surface area contributed by atoms with Crippen LogP contribution in [-0.2, 0) is 25.7 Å². The zero-order valence-electron chi connectivity index (χ0n) is 24.8. The van der Waals surface area contributed by atoms with Crippen LogP contribution < -0.4 is 5.32 Å². The lowest BCUT2D eigenvalue weighted by atomic mass is 9.97. The van der Waals surface area contributed by atoms with Crippen LogP contribution in [0.3, 0.4) is 0 Å². The van der Waals surface area contributed by atoms with Crippen molar-refractivity contribution in [2.24, 2.45) is 0 Å². The fourth-order valence-electron chi connectivity index (χ4n) is 5.45. The van der Waals surface area contributed by atoms with Gasteiger partial charge in [-0.05, 0) is 41.9 Å². The number of aromatic nitrogens is 2. The maximum absolute atomic E-state index is 14.1. The fraction of sp³-hybridized carbons (Fsp3) is 0.394. The Hall–Kier alpha value is -3.34. The molecule has 0 radical (unpaired) electrons. The number of fused-ring (bicyclic) bond motifs is 1. The molecule has 228 valence electrons. The summed E-state index contributed by atoms with van der Waals surface area (Å²) < 4.78 is 42.2. The van der Waals surface area contributed by atoms with Crippen LogP contribution in [-0.4, -0.2) is 63.5 Å². The molecule has 6 nitrogen and oxygen atoms in total. The van der Waals surface area contributed by atoms with Gasteiger partial charge in [0.05, 0.1) is 5.56 Å². The van der Waals surface area contributed by atoms with Crippen molar-refractivity contribution in [3.8, 4) is 0 Å². The molecule has 0 spiro atoms. The number of piperazine rings is 1. The van der Waals surface area contributed by atoms with E-state index in [1.165, 1.54) is 6.07 Å². The van der Waals surface area contributed by atoms with Crippen molar-refractivity contribution in [1.29, 1.82) is 0 Å². The van der Waals surface area contributed by atoms with Crippen LogP contribution in [0.2, 0.25) is 0 Å². The van der Waals surface area contributed by atoms with Gasteiger partial charge in [-0.3, -0.25) is 9.69 Å². The first kappa shape index (κ1) is 31.1. The molecule has 10 heteroatoms. The van der Waals surface area contributed by atoms with Gasteiger partial charge in [-0.1, -0.05) is 45.0 Å². The van der Waals surface area contributed by atoms with E-state index in [-0.39, 0.29) is 24.3 Å². The third kappa shape index (κ3) is 7.79. The molecule has 0 saturated carbocycles. The molecular weight excluding hydrogens is 571 g/mol. The van der Waals surface area contributed by atoms with Crippen LogP contribution in [0.5, 0.6) is 0 Å². The van der Waals surface area contributed by atoms with Crippen LogP contribution in [0.4, 0.5) is 18.9 Å². The number of anilines is 1. The Bertz CT molecular complexity index is 1560. The lowest BCUT2D eigenvalue weighted by Crippen LogP contribution is -2.45. The molecule has 3 heterocycles. The average molecular weight is 610 g/mol. The van der Waals surface area contributed by atoms with E-state index in [0.717, 1.165) is 66.0 Å². The minimum Gasteiger partial charge on any atom is -0.381 e. The second-order valence-electron chi connectivity index (χ2n) is 11.3. The second kappa shape index (κ2) is 13.5. The minimum atomic E-state index is -4.49. The van der Waals surface area contributed by atoms with E-state index in [0.29, 0.717) is 22.9 Å². The van der Waals surface area contributed by atoms with E-state index < -0.39 is 11.7 Å². The number of hydrogen-bond acceptors (Lipinski definition) is 6. The Morgan fingerprint density at radius 1 is 1.05 bits per heavy atom. The largest absolute Gasteiger partial charge is 0.416 e. The molecular formula is C33H38F3N5OS. The molecule has 4 aromatic rings. The molecule has 0 aliphatic carbocycles. The molecule has 43 heavy (non-hydrogen) atoms. The number of thioether (sulfide) groups is 1. The number of pyridine rings is 1. The number of alkyl halides is 3. The van der Waals surface area contributed by atoms with Crippen molar-refractivity contribution >= 4 is 34.3 Å². The van der Waals surface area contributed by atoms with Crippen LogP contribution in [0.15, 0.2) is 65.8 Å². The van der Waals surface area contributed by atoms with Crippen molar-refractivity contribution in [3.05, 3.63) is 88.7 Å². The first-order valence-corrected chi connectivity index (χ1v) is 15.6. The highest BCUT2D eigenvalue weighted by Gasteiger charge is 2.34. The van der Waals surface area contributed by atoms with Crippen molar-refractivity contribution in [1.82, 2.24) is 19.8 Å². The van der Waals surface area contributed by atoms with Gasteiger partial charge in [0.15, 0.2) is 5.78 Å². The number of nitrogens with zero attached hydrogens (tertiary/aromatic N) is 3. The zero-order valence-corrected chi connectivity index (χ0v) is 25.6. The predicted octanol–water partition coefficient (Wildman–Crippen LogP) is 7.26. The van der Waals surface area contributed by atoms with Crippen LogP contribution in [0.1, 0.15) is 53.4 Å². The van der Waals surface area contributed by atoms with Gasteiger partial charge in [-0.25, -0.2) is 4.98 Å². The van der Waals surface area contributed by atoms with Gasteiger partial charge in [-0.15, -0.1) is 11.8 Å². The van der Waals surface area contributed by atoms with Gasteiger partial charge in [0, 0.05) is 90.4 Å². The normalized spacial score (nSPS) is 15.0. The summed E-state index contributed by atoms with van der Waals surface area (Å²) in [6, 6.07) is 13.5. The topological polar surface area (TPSA) is 64.3 Å². The summed E-state index contributed by atoms with van der Waals surface area (Å²) in [4.78, 5) is 26.4. The number of likely N-dealkylation sites (N-methyl/N-ethyl adjacent to an activating group) is 1. The quantitative estimate of drug-likeness (QED) is 0.138. The van der Waals surface area contributed by atoms with E-state index in [4.69, 9.17) is 0 Å². The van der Waals surface area contributed by atoms with Crippen molar-refractivity contribution < 1.29 is 18.0 Å². The number of ketones is 1. The van der Waals surface area contributed by atoms with Gasteiger partial charge in [0.25, 0.3) is 0 Å². The van der Waals surface area contributed by atoms with Crippen molar-refractivity contribution in [2.45, 2.75) is 56.6 Å². The third-order valence-corrected chi connectivity index (χ3v) is 8.97. The van der Waals surface area contributed by atoms with Gasteiger partial charge in [0.2, 0.25) is 0 Å². The summed E-state index contributed by atoms with van der Waals surface area (Å²) in [5.41, 5.74) is 3.06. The number of nitrogens with one attached hydrogen (secondary N) is 2. The first-order valence-electron chi connectivity index (χ1n) is 14.7. The summed E-state index contributed by atoms with van der Waals surface area (Å²) in [5.74, 6) is -0.230. The molecule has 1 fully saturated rings. The van der Waals surface area contributed by atoms with E-state index in [2.05, 4.69) is 45.9 Å². The molecule has 1 aliphatic heterocycles. The minimum absolute atomic E-state index is 0.106. The number of aromatic amines is 1. The van der Waals surface area contributed by atoms with Gasteiger partial charge in [0.1, 0.15) is 5.65 Å². The molecule has 2 aromatic heterocycles. The molecule has 5 rings (SSSR count). The molecule has 0 bridgehead atoms. The van der Waals surface area contributed by atoms with Crippen molar-refractivity contribution in [3.63, 3.8) is 0 Å². The van der Waals surface area contributed by atoms with Crippen LogP contribution in [0, 0.1) is 0 Å². The summed E-state index contributed by atoms with van der Waals surface area (Å²) in [7, 11) is 0. The highest BCUT2D eigenvalue weighted by atomic mass is 32.2. The molecule has 0 unspecified atom stereocenters. The fourth-order valence-corrected chi connectivity index (χ4v) is 6.49. The summed E-state index contributed by atoms with van der Waals surface area (Å²) in [5, 5.41) is 4.87. The summed E-state index contributed by atoms with van der Waals surface area (Å²) in [6.07, 6.45) is -0.855. The van der Waals surface area contributed by atoms with Crippen LogP contribution in [0.25, 0.3) is 11.0 Å². The highest BCUT2D eigenvalue weighted by molar-refractivity contribution is 8.00. The second-order valence-corrected chi connectivity index (χ2v) is 12.8. The zero-order chi connectivity index (χ0) is 30.6. The Balaban J connectivity index is 1.27. The Labute approximate surface area is 255 Å². The average Bonchev–Trinajstić information content (AvgIpc) is 3.47. The highest BCUT2D eigenvalue weighted by Crippen LogP contribution is 2.35. The number of carbonyl (C=O) groups is 1. The molecule has 0 amide bonds. The van der Waals surface area contributed by atoms with E-state index in [9.17, 15) is 18.0 Å². The summed E-state index contributed by atoms with van der Waals surface area (Å²) >= 11 is 1.78. The van der Waals surface area contributed by atoms with E-state index in [1.807, 2.05) is 24.5 Å².